The molecule has 2 nitrogen and oxygen atoms in total. The maximum Gasteiger partial charge on any atom is 0.0547 e. The molecule has 0 radical (unpaired) electrons. The van der Waals surface area contributed by atoms with E-state index in [0.717, 1.165) is 12.8 Å². The largest absolute Gasteiger partial charge is 0.337 e. The number of anilines is 2. The van der Waals surface area contributed by atoms with Crippen molar-refractivity contribution in [1.82, 2.24) is 4.57 Å². The fourth-order valence-electron chi connectivity index (χ4n) is 6.67. The van der Waals surface area contributed by atoms with Gasteiger partial charge in [-0.2, -0.15) is 0 Å². The number of aryl methyl sites for hydroxylation is 1. The molecule has 0 spiro atoms. The predicted octanol–water partition coefficient (Wildman–Crippen LogP) is 8.38. The summed E-state index contributed by atoms with van der Waals surface area (Å²) in [5.41, 5.74) is 13.4. The van der Waals surface area contributed by atoms with Crippen LogP contribution in [0.1, 0.15) is 16.7 Å². The summed E-state index contributed by atoms with van der Waals surface area (Å²) in [6.07, 6.45) is 2.25. The van der Waals surface area contributed by atoms with E-state index in [0.29, 0.717) is 6.04 Å². The van der Waals surface area contributed by atoms with E-state index >= 15 is 0 Å². The molecule has 8 rings (SSSR count). The van der Waals surface area contributed by atoms with E-state index in [-0.39, 0.29) is 0 Å². The summed E-state index contributed by atoms with van der Waals surface area (Å²) >= 11 is 0. The van der Waals surface area contributed by atoms with E-state index in [9.17, 15) is 0 Å². The molecule has 0 aliphatic carbocycles. The third-order valence-electron chi connectivity index (χ3n) is 8.13. The fraction of sp³-hybridized carbons (Fsp3) is 0.118. The summed E-state index contributed by atoms with van der Waals surface area (Å²) in [7, 11) is 0. The Hall–Kier alpha value is -4.30. The van der Waals surface area contributed by atoms with Crippen LogP contribution in [0.15, 0.2) is 109 Å². The quantitative estimate of drug-likeness (QED) is 0.251. The Morgan fingerprint density at radius 2 is 1.36 bits per heavy atom. The van der Waals surface area contributed by atoms with E-state index < -0.39 is 0 Å². The summed E-state index contributed by atoms with van der Waals surface area (Å²) in [6.45, 7) is 2.19. The van der Waals surface area contributed by atoms with Crippen LogP contribution in [-0.2, 0) is 12.8 Å². The molecule has 1 atom stereocenters. The summed E-state index contributed by atoms with van der Waals surface area (Å²) in [5, 5.41) is 2.63. The van der Waals surface area contributed by atoms with E-state index in [1.807, 2.05) is 0 Å². The molecule has 0 N–H and O–H groups in total. The van der Waals surface area contributed by atoms with Crippen LogP contribution in [0.4, 0.5) is 11.4 Å². The Balaban J connectivity index is 1.32. The molecular formula is C34H26N2. The van der Waals surface area contributed by atoms with E-state index in [2.05, 4.69) is 126 Å². The molecule has 172 valence electrons. The molecule has 6 aromatic rings. The average molecular weight is 463 g/mol. The Morgan fingerprint density at radius 3 is 2.22 bits per heavy atom. The number of aromatic nitrogens is 1. The highest BCUT2D eigenvalue weighted by Gasteiger charge is 2.37. The second kappa shape index (κ2) is 7.35. The highest BCUT2D eigenvalue weighted by Crippen LogP contribution is 2.48. The third kappa shape index (κ3) is 2.73. The van der Waals surface area contributed by atoms with Crippen molar-refractivity contribution in [3.05, 3.63) is 126 Å². The molecule has 0 saturated carbocycles. The Labute approximate surface area is 211 Å². The standard InChI is InChI=1S/C34H26N2/c1-22-14-16-30-24(18-22)20-27-21-25-19-23(15-17-31(25)36(27)30)28-11-7-13-33-34(28)29-10-5-6-12-32(29)35(33)26-8-3-2-4-9-26/h2-19,27H,20-21H2,1H3. The Kier molecular flexibility index (Phi) is 4.07. The van der Waals surface area contributed by atoms with Gasteiger partial charge < -0.3 is 9.47 Å². The third-order valence-corrected chi connectivity index (χ3v) is 8.13. The smallest absolute Gasteiger partial charge is 0.0547 e. The first kappa shape index (κ1) is 19.9. The zero-order valence-corrected chi connectivity index (χ0v) is 20.3. The fourth-order valence-corrected chi connectivity index (χ4v) is 6.67. The van der Waals surface area contributed by atoms with Gasteiger partial charge in [-0.1, -0.05) is 72.3 Å². The number of nitrogens with zero attached hydrogens (tertiary/aromatic N) is 2. The van der Waals surface area contributed by atoms with E-state index in [4.69, 9.17) is 0 Å². The van der Waals surface area contributed by atoms with Crippen molar-refractivity contribution in [3.63, 3.8) is 0 Å². The number of para-hydroxylation sites is 2. The van der Waals surface area contributed by atoms with E-state index in [1.54, 1.807) is 0 Å². The van der Waals surface area contributed by atoms with Crippen LogP contribution in [-0.4, -0.2) is 10.6 Å². The van der Waals surface area contributed by atoms with Crippen molar-refractivity contribution in [2.24, 2.45) is 0 Å². The summed E-state index contributed by atoms with van der Waals surface area (Å²) in [5.74, 6) is 0. The van der Waals surface area contributed by atoms with Crippen molar-refractivity contribution in [3.8, 4) is 16.8 Å². The topological polar surface area (TPSA) is 8.17 Å². The SMILES string of the molecule is Cc1ccc2c(c1)CC1Cc3cc(-c4cccc5c4c4ccccc4n5-c4ccccc4)ccc3N21. The molecule has 3 heterocycles. The van der Waals surface area contributed by atoms with Crippen LogP contribution in [0.3, 0.4) is 0 Å². The summed E-state index contributed by atoms with van der Waals surface area (Å²) in [4.78, 5) is 2.58. The molecule has 0 amide bonds. The molecule has 0 bridgehead atoms. The van der Waals surface area contributed by atoms with Gasteiger partial charge in [0, 0.05) is 33.9 Å². The Bertz CT molecular complexity index is 1810. The van der Waals surface area contributed by atoms with Crippen LogP contribution in [0.2, 0.25) is 0 Å². The lowest BCUT2D eigenvalue weighted by Gasteiger charge is -2.20. The molecule has 2 heteroatoms. The van der Waals surface area contributed by atoms with Crippen LogP contribution in [0.5, 0.6) is 0 Å². The molecule has 5 aromatic carbocycles. The van der Waals surface area contributed by atoms with Crippen molar-refractivity contribution in [2.75, 3.05) is 4.90 Å². The van der Waals surface area contributed by atoms with Crippen LogP contribution in [0, 0.1) is 6.92 Å². The normalized spacial score (nSPS) is 15.9. The first-order valence-corrected chi connectivity index (χ1v) is 12.9. The summed E-state index contributed by atoms with van der Waals surface area (Å²) < 4.78 is 2.40. The minimum Gasteiger partial charge on any atom is -0.337 e. The average Bonchev–Trinajstić information content (AvgIpc) is 3.55. The number of hydrogen-bond donors (Lipinski definition) is 0. The minimum absolute atomic E-state index is 0.544. The van der Waals surface area contributed by atoms with Crippen LogP contribution < -0.4 is 4.90 Å². The molecule has 1 unspecified atom stereocenters. The molecular weight excluding hydrogens is 436 g/mol. The van der Waals surface area contributed by atoms with Crippen molar-refractivity contribution >= 4 is 33.2 Å². The Morgan fingerprint density at radius 1 is 0.639 bits per heavy atom. The molecule has 0 saturated heterocycles. The van der Waals surface area contributed by atoms with Gasteiger partial charge in [0.2, 0.25) is 0 Å². The zero-order chi connectivity index (χ0) is 23.8. The first-order valence-electron chi connectivity index (χ1n) is 12.9. The first-order chi connectivity index (χ1) is 17.8. The monoisotopic (exact) mass is 462 g/mol. The van der Waals surface area contributed by atoms with Gasteiger partial charge >= 0.3 is 0 Å². The minimum atomic E-state index is 0.544. The highest BCUT2D eigenvalue weighted by atomic mass is 15.2. The van der Waals surface area contributed by atoms with Crippen molar-refractivity contribution < 1.29 is 0 Å². The molecule has 36 heavy (non-hydrogen) atoms. The lowest BCUT2D eigenvalue weighted by molar-refractivity contribution is 0.725. The number of rotatable bonds is 2. The lowest BCUT2D eigenvalue weighted by atomic mass is 9.96. The van der Waals surface area contributed by atoms with E-state index in [1.165, 1.54) is 66.7 Å². The second-order valence-corrected chi connectivity index (χ2v) is 10.3. The molecule has 2 aliphatic heterocycles. The van der Waals surface area contributed by atoms with Gasteiger partial charge in [0.25, 0.3) is 0 Å². The molecule has 0 fully saturated rings. The number of benzene rings is 5. The van der Waals surface area contributed by atoms with Gasteiger partial charge in [0.1, 0.15) is 0 Å². The highest BCUT2D eigenvalue weighted by molar-refractivity contribution is 6.15. The maximum atomic E-state index is 2.58. The molecule has 1 aromatic heterocycles. The zero-order valence-electron chi connectivity index (χ0n) is 20.3. The van der Waals surface area contributed by atoms with Gasteiger partial charge in [0.15, 0.2) is 0 Å². The van der Waals surface area contributed by atoms with Gasteiger partial charge in [0.05, 0.1) is 11.0 Å². The van der Waals surface area contributed by atoms with Gasteiger partial charge in [-0.15, -0.1) is 0 Å². The number of fused-ring (bicyclic) bond motifs is 8. The van der Waals surface area contributed by atoms with Crippen LogP contribution in [0.25, 0.3) is 38.6 Å². The molecule has 2 aliphatic rings. The number of hydrogen-bond acceptors (Lipinski definition) is 1. The second-order valence-electron chi connectivity index (χ2n) is 10.3. The van der Waals surface area contributed by atoms with Gasteiger partial charge in [-0.3, -0.25) is 0 Å². The predicted molar refractivity (Wildman–Crippen MR) is 151 cm³/mol. The maximum absolute atomic E-state index is 2.58. The lowest BCUT2D eigenvalue weighted by Crippen LogP contribution is -2.22. The van der Waals surface area contributed by atoms with Crippen LogP contribution >= 0.6 is 0 Å². The van der Waals surface area contributed by atoms with Crippen molar-refractivity contribution in [2.45, 2.75) is 25.8 Å². The van der Waals surface area contributed by atoms with Gasteiger partial charge in [-0.25, -0.2) is 0 Å². The summed E-state index contributed by atoms with van der Waals surface area (Å²) in [6, 6.07) is 40.9. The van der Waals surface area contributed by atoms with Gasteiger partial charge in [-0.05, 0) is 84.5 Å². The van der Waals surface area contributed by atoms with Crippen molar-refractivity contribution in [1.29, 1.82) is 0 Å².